The smallest absolute Gasteiger partial charge is 0.410 e. The molecule has 136 valence electrons. The summed E-state index contributed by atoms with van der Waals surface area (Å²) in [6, 6.07) is 0.269. The molecule has 0 bridgehead atoms. The molecule has 1 aliphatic heterocycles. The first-order valence-electron chi connectivity index (χ1n) is 8.44. The summed E-state index contributed by atoms with van der Waals surface area (Å²) >= 11 is 3.53. The van der Waals surface area contributed by atoms with Crippen molar-refractivity contribution in [3.63, 3.8) is 0 Å². The standard InChI is InChI=1S/C17H24BrN5O2/c1-17(2,3)25-16(24)23-7-5-11(6-8-23)21-15-14-13(19-10-20-15)12(18)9-22(14)4/h9-11H,5-8H2,1-4H3,(H,19,20,21). The van der Waals surface area contributed by atoms with Gasteiger partial charge >= 0.3 is 6.09 Å². The van der Waals surface area contributed by atoms with Gasteiger partial charge in [0.2, 0.25) is 0 Å². The molecule has 0 spiro atoms. The Balaban J connectivity index is 1.64. The number of fused-ring (bicyclic) bond motifs is 1. The molecule has 7 nitrogen and oxygen atoms in total. The van der Waals surface area contributed by atoms with Crippen molar-refractivity contribution in [2.24, 2.45) is 7.05 Å². The number of carbonyl (C=O) groups excluding carboxylic acids is 1. The van der Waals surface area contributed by atoms with E-state index in [4.69, 9.17) is 4.74 Å². The Bertz CT molecular complexity index is 775. The number of aryl methyl sites for hydroxylation is 1. The monoisotopic (exact) mass is 409 g/mol. The van der Waals surface area contributed by atoms with Crippen LogP contribution in [0.3, 0.4) is 0 Å². The van der Waals surface area contributed by atoms with Gasteiger partial charge in [0.15, 0.2) is 5.82 Å². The van der Waals surface area contributed by atoms with Gasteiger partial charge in [0, 0.05) is 32.4 Å². The fourth-order valence-electron chi connectivity index (χ4n) is 3.02. The van der Waals surface area contributed by atoms with Crippen LogP contribution < -0.4 is 5.32 Å². The van der Waals surface area contributed by atoms with Crippen LogP contribution in [-0.2, 0) is 11.8 Å². The maximum absolute atomic E-state index is 12.2. The number of anilines is 1. The lowest BCUT2D eigenvalue weighted by Gasteiger charge is -2.34. The van der Waals surface area contributed by atoms with Crippen LogP contribution in [0.4, 0.5) is 10.6 Å². The fourth-order valence-corrected chi connectivity index (χ4v) is 3.61. The van der Waals surface area contributed by atoms with E-state index in [2.05, 4.69) is 31.2 Å². The van der Waals surface area contributed by atoms with Crippen molar-refractivity contribution in [3.05, 3.63) is 17.0 Å². The number of piperidine rings is 1. The highest BCUT2D eigenvalue weighted by Gasteiger charge is 2.27. The molecule has 1 amide bonds. The number of ether oxygens (including phenoxy) is 1. The lowest BCUT2D eigenvalue weighted by Crippen LogP contribution is -2.44. The topological polar surface area (TPSA) is 72.3 Å². The molecule has 2 aromatic heterocycles. The predicted molar refractivity (Wildman–Crippen MR) is 101 cm³/mol. The molecule has 8 heteroatoms. The van der Waals surface area contributed by atoms with Crippen LogP contribution in [0.1, 0.15) is 33.6 Å². The molecule has 1 saturated heterocycles. The Morgan fingerprint density at radius 2 is 2.00 bits per heavy atom. The van der Waals surface area contributed by atoms with E-state index in [-0.39, 0.29) is 12.1 Å². The van der Waals surface area contributed by atoms with Gasteiger partial charge in [-0.05, 0) is 49.5 Å². The summed E-state index contributed by atoms with van der Waals surface area (Å²) in [6.07, 6.45) is 5.04. The van der Waals surface area contributed by atoms with E-state index in [0.717, 1.165) is 34.2 Å². The minimum Gasteiger partial charge on any atom is -0.444 e. The molecule has 3 rings (SSSR count). The third-order valence-corrected chi connectivity index (χ3v) is 4.78. The van der Waals surface area contributed by atoms with E-state index in [1.165, 1.54) is 0 Å². The van der Waals surface area contributed by atoms with E-state index < -0.39 is 5.60 Å². The molecular weight excluding hydrogens is 386 g/mol. The molecular formula is C17H24BrN5O2. The van der Waals surface area contributed by atoms with Gasteiger partial charge in [-0.15, -0.1) is 0 Å². The lowest BCUT2D eigenvalue weighted by molar-refractivity contribution is 0.0210. The average Bonchev–Trinajstić information content (AvgIpc) is 2.82. The van der Waals surface area contributed by atoms with Gasteiger partial charge in [0.05, 0.1) is 4.47 Å². The van der Waals surface area contributed by atoms with E-state index in [1.807, 2.05) is 38.6 Å². The van der Waals surface area contributed by atoms with E-state index in [0.29, 0.717) is 13.1 Å². The maximum atomic E-state index is 12.2. The molecule has 1 fully saturated rings. The third kappa shape index (κ3) is 4.05. The summed E-state index contributed by atoms with van der Waals surface area (Å²) in [5.74, 6) is 0.828. The van der Waals surface area contributed by atoms with Gasteiger partial charge in [-0.25, -0.2) is 14.8 Å². The highest BCUT2D eigenvalue weighted by atomic mass is 79.9. The molecule has 3 heterocycles. The zero-order valence-electron chi connectivity index (χ0n) is 15.0. The number of nitrogens with one attached hydrogen (secondary N) is 1. The molecule has 1 N–H and O–H groups in total. The van der Waals surface area contributed by atoms with Crippen LogP contribution in [0.15, 0.2) is 17.0 Å². The molecule has 0 radical (unpaired) electrons. The van der Waals surface area contributed by atoms with Gasteiger partial charge in [0.1, 0.15) is 23.0 Å². The van der Waals surface area contributed by atoms with Crippen LogP contribution in [0.5, 0.6) is 0 Å². The number of aromatic nitrogens is 3. The van der Waals surface area contributed by atoms with E-state index in [1.54, 1.807) is 11.2 Å². The fraction of sp³-hybridized carbons (Fsp3) is 0.588. The van der Waals surface area contributed by atoms with Crippen LogP contribution in [0.25, 0.3) is 11.0 Å². The van der Waals surface area contributed by atoms with Crippen LogP contribution in [-0.4, -0.2) is 50.3 Å². The van der Waals surface area contributed by atoms with Gasteiger partial charge in [-0.1, -0.05) is 0 Å². The number of halogens is 1. The number of rotatable bonds is 2. The van der Waals surface area contributed by atoms with Crippen molar-refractivity contribution in [3.8, 4) is 0 Å². The number of likely N-dealkylation sites (tertiary alicyclic amines) is 1. The van der Waals surface area contributed by atoms with Crippen molar-refractivity contribution in [1.29, 1.82) is 0 Å². The predicted octanol–water partition coefficient (Wildman–Crippen LogP) is 3.54. The van der Waals surface area contributed by atoms with Crippen LogP contribution in [0, 0.1) is 0 Å². The first-order valence-corrected chi connectivity index (χ1v) is 9.24. The molecule has 0 aliphatic carbocycles. The third-order valence-electron chi connectivity index (χ3n) is 4.20. The molecule has 0 saturated carbocycles. The lowest BCUT2D eigenvalue weighted by atomic mass is 10.1. The summed E-state index contributed by atoms with van der Waals surface area (Å²) in [5, 5.41) is 3.51. The van der Waals surface area contributed by atoms with Gasteiger partial charge in [0.25, 0.3) is 0 Å². The summed E-state index contributed by atoms with van der Waals surface area (Å²) in [7, 11) is 1.98. The van der Waals surface area contributed by atoms with Gasteiger partial charge in [-0.3, -0.25) is 0 Å². The van der Waals surface area contributed by atoms with Gasteiger partial charge in [-0.2, -0.15) is 0 Å². The van der Waals surface area contributed by atoms with E-state index in [9.17, 15) is 4.79 Å². The minimum atomic E-state index is -0.460. The van der Waals surface area contributed by atoms with Gasteiger partial charge < -0.3 is 19.5 Å². The number of amides is 1. The van der Waals surface area contributed by atoms with Crippen molar-refractivity contribution < 1.29 is 9.53 Å². The average molecular weight is 410 g/mol. The molecule has 1 aliphatic rings. The molecule has 0 atom stereocenters. The number of hydrogen-bond acceptors (Lipinski definition) is 5. The van der Waals surface area contributed by atoms with Crippen molar-refractivity contribution in [2.45, 2.75) is 45.3 Å². The second kappa shape index (κ2) is 6.82. The van der Waals surface area contributed by atoms with Crippen molar-refractivity contribution in [2.75, 3.05) is 18.4 Å². The highest BCUT2D eigenvalue weighted by Crippen LogP contribution is 2.28. The molecule has 2 aromatic rings. The minimum absolute atomic E-state index is 0.234. The Kier molecular flexibility index (Phi) is 4.90. The second-order valence-corrected chi connectivity index (χ2v) is 8.25. The zero-order valence-corrected chi connectivity index (χ0v) is 16.6. The van der Waals surface area contributed by atoms with Crippen molar-refractivity contribution >= 4 is 38.9 Å². The Morgan fingerprint density at radius 1 is 1.32 bits per heavy atom. The normalized spacial score (nSPS) is 16.3. The van der Waals surface area contributed by atoms with Crippen molar-refractivity contribution in [1.82, 2.24) is 19.4 Å². The zero-order chi connectivity index (χ0) is 18.2. The summed E-state index contributed by atoms with van der Waals surface area (Å²) < 4.78 is 8.41. The Morgan fingerprint density at radius 3 is 2.64 bits per heavy atom. The SMILES string of the molecule is Cn1cc(Br)c2ncnc(NC3CCN(C(=O)OC(C)(C)C)CC3)c21. The number of nitrogens with zero attached hydrogens (tertiary/aromatic N) is 4. The van der Waals surface area contributed by atoms with Crippen LogP contribution in [0.2, 0.25) is 0 Å². The highest BCUT2D eigenvalue weighted by molar-refractivity contribution is 9.10. The Hall–Kier alpha value is -1.83. The van der Waals surface area contributed by atoms with E-state index >= 15 is 0 Å². The second-order valence-electron chi connectivity index (χ2n) is 7.39. The first kappa shape index (κ1) is 18.0. The quantitative estimate of drug-likeness (QED) is 0.820. The maximum Gasteiger partial charge on any atom is 0.410 e. The Labute approximate surface area is 155 Å². The molecule has 0 unspecified atom stereocenters. The summed E-state index contributed by atoms with van der Waals surface area (Å²) in [5.41, 5.74) is 1.41. The summed E-state index contributed by atoms with van der Waals surface area (Å²) in [4.78, 5) is 22.7. The number of carbonyl (C=O) groups is 1. The summed E-state index contributed by atoms with van der Waals surface area (Å²) in [6.45, 7) is 7.02. The largest absolute Gasteiger partial charge is 0.444 e. The number of hydrogen-bond donors (Lipinski definition) is 1. The molecule has 25 heavy (non-hydrogen) atoms. The van der Waals surface area contributed by atoms with Crippen LogP contribution >= 0.6 is 15.9 Å². The first-order chi connectivity index (χ1) is 11.7. The molecule has 0 aromatic carbocycles.